The van der Waals surface area contributed by atoms with Crippen molar-refractivity contribution in [1.82, 2.24) is 13.4 Å². The highest BCUT2D eigenvalue weighted by atomic mass is 32.2. The zero-order valence-electron chi connectivity index (χ0n) is 18.1. The van der Waals surface area contributed by atoms with Crippen LogP contribution in [0.1, 0.15) is 36.3 Å². The van der Waals surface area contributed by atoms with Gasteiger partial charge < -0.3 is 4.74 Å². The topological polar surface area (TPSA) is 108 Å². The molecule has 31 heavy (non-hydrogen) atoms. The van der Waals surface area contributed by atoms with E-state index in [0.29, 0.717) is 24.9 Å². The summed E-state index contributed by atoms with van der Waals surface area (Å²) >= 11 is 0. The van der Waals surface area contributed by atoms with Crippen molar-refractivity contribution in [1.29, 1.82) is 0 Å². The van der Waals surface area contributed by atoms with E-state index in [1.807, 2.05) is 13.8 Å². The maximum absolute atomic E-state index is 12.9. The van der Waals surface area contributed by atoms with Gasteiger partial charge in [0.2, 0.25) is 10.0 Å². The van der Waals surface area contributed by atoms with E-state index in [9.17, 15) is 22.8 Å². The molecule has 1 aromatic carbocycles. The largest absolute Gasteiger partial charge is 0.456 e. The van der Waals surface area contributed by atoms with Crippen molar-refractivity contribution in [3.8, 4) is 0 Å². The van der Waals surface area contributed by atoms with Gasteiger partial charge in [-0.2, -0.15) is 4.31 Å². The number of hydrogen-bond donors (Lipinski definition) is 0. The number of esters is 1. The van der Waals surface area contributed by atoms with Crippen LogP contribution in [-0.2, 0) is 35.5 Å². The first-order valence-corrected chi connectivity index (χ1v) is 11.5. The van der Waals surface area contributed by atoms with Crippen LogP contribution in [0, 0.1) is 11.8 Å². The lowest BCUT2D eigenvalue weighted by molar-refractivity contribution is 0.0462. The molecule has 168 valence electrons. The van der Waals surface area contributed by atoms with E-state index in [4.69, 9.17) is 4.74 Å². The van der Waals surface area contributed by atoms with Crippen LogP contribution in [-0.4, -0.2) is 40.9 Å². The predicted octanol–water partition coefficient (Wildman–Crippen LogP) is 1.11. The van der Waals surface area contributed by atoms with E-state index in [1.165, 1.54) is 53.3 Å². The standard InChI is InChI=1S/C21H27N3O6S/c1-14-9-15(2)12-24(11-14)31(28,29)18-7-5-16(6-8-18)20(26)30-13-17-10-19(25)23(4)21(27)22(17)3/h5-8,10,14-15H,9,11-13H2,1-4H3/t14-,15-/m0/s1. The summed E-state index contributed by atoms with van der Waals surface area (Å²) in [6.07, 6.45) is 0.996. The molecule has 1 aliphatic heterocycles. The Morgan fingerprint density at radius 1 is 1.03 bits per heavy atom. The average Bonchev–Trinajstić information content (AvgIpc) is 2.73. The Labute approximate surface area is 180 Å². The molecule has 0 spiro atoms. The summed E-state index contributed by atoms with van der Waals surface area (Å²) in [6.45, 7) is 4.77. The molecule has 3 rings (SSSR count). The molecule has 10 heteroatoms. The van der Waals surface area contributed by atoms with Crippen LogP contribution >= 0.6 is 0 Å². The van der Waals surface area contributed by atoms with Crippen molar-refractivity contribution in [2.24, 2.45) is 25.9 Å². The van der Waals surface area contributed by atoms with Crippen LogP contribution in [0.4, 0.5) is 0 Å². The molecule has 0 radical (unpaired) electrons. The second-order valence-electron chi connectivity index (χ2n) is 8.24. The fraction of sp³-hybridized carbons (Fsp3) is 0.476. The van der Waals surface area contributed by atoms with Gasteiger partial charge in [0.25, 0.3) is 5.56 Å². The molecule has 1 aromatic heterocycles. The first kappa shape index (κ1) is 23.0. The molecule has 2 heterocycles. The fourth-order valence-corrected chi connectivity index (χ4v) is 5.53. The van der Waals surface area contributed by atoms with E-state index < -0.39 is 27.2 Å². The molecule has 0 bridgehead atoms. The van der Waals surface area contributed by atoms with Crippen LogP contribution in [0.25, 0.3) is 0 Å². The Hall–Kier alpha value is -2.72. The Morgan fingerprint density at radius 3 is 2.19 bits per heavy atom. The van der Waals surface area contributed by atoms with Gasteiger partial charge in [0.05, 0.1) is 16.2 Å². The van der Waals surface area contributed by atoms with Gasteiger partial charge in [-0.1, -0.05) is 13.8 Å². The monoisotopic (exact) mass is 449 g/mol. The first-order chi connectivity index (χ1) is 14.5. The second-order valence-corrected chi connectivity index (χ2v) is 10.2. The number of benzene rings is 1. The maximum atomic E-state index is 12.9. The van der Waals surface area contributed by atoms with Crippen molar-refractivity contribution in [3.05, 3.63) is 62.4 Å². The van der Waals surface area contributed by atoms with Crippen LogP contribution in [0.2, 0.25) is 0 Å². The fourth-order valence-electron chi connectivity index (χ4n) is 3.85. The molecule has 0 N–H and O–H groups in total. The molecule has 0 aliphatic carbocycles. The number of sulfonamides is 1. The number of nitrogens with zero attached hydrogens (tertiary/aromatic N) is 3. The molecule has 2 aromatic rings. The number of aromatic nitrogens is 2. The van der Waals surface area contributed by atoms with Gasteiger partial charge in [-0.05, 0) is 42.5 Å². The molecule has 1 fully saturated rings. The minimum atomic E-state index is -3.64. The van der Waals surface area contributed by atoms with Gasteiger partial charge in [0.15, 0.2) is 0 Å². The van der Waals surface area contributed by atoms with Crippen LogP contribution in [0.5, 0.6) is 0 Å². The predicted molar refractivity (Wildman–Crippen MR) is 114 cm³/mol. The Balaban J connectivity index is 1.72. The van der Waals surface area contributed by atoms with Crippen molar-refractivity contribution in [3.63, 3.8) is 0 Å². The molecule has 1 saturated heterocycles. The first-order valence-electron chi connectivity index (χ1n) is 10.0. The summed E-state index contributed by atoms with van der Waals surface area (Å²) in [5.74, 6) is -0.102. The van der Waals surface area contributed by atoms with Crippen LogP contribution in [0.3, 0.4) is 0 Å². The Kier molecular flexibility index (Phi) is 6.51. The number of carbonyl (C=O) groups is 1. The average molecular weight is 450 g/mol. The normalized spacial score (nSPS) is 19.9. The SMILES string of the molecule is C[C@H]1C[C@H](C)CN(S(=O)(=O)c2ccc(C(=O)OCc3cc(=O)n(C)c(=O)n3C)cc2)C1. The minimum absolute atomic E-state index is 0.124. The lowest BCUT2D eigenvalue weighted by Gasteiger charge is -2.34. The Bertz CT molecular complexity index is 1190. The smallest absolute Gasteiger partial charge is 0.338 e. The number of ether oxygens (including phenoxy) is 1. The summed E-state index contributed by atoms with van der Waals surface area (Å²) in [6, 6.07) is 6.81. The van der Waals surface area contributed by atoms with Gasteiger partial charge in [-0.25, -0.2) is 18.0 Å². The van der Waals surface area contributed by atoms with Crippen molar-refractivity contribution in [2.75, 3.05) is 13.1 Å². The third-order valence-electron chi connectivity index (χ3n) is 5.54. The van der Waals surface area contributed by atoms with Crippen molar-refractivity contribution >= 4 is 16.0 Å². The van der Waals surface area contributed by atoms with E-state index >= 15 is 0 Å². The summed E-state index contributed by atoms with van der Waals surface area (Å²) in [7, 11) is -0.797. The molecular formula is C21H27N3O6S. The number of rotatable bonds is 5. The highest BCUT2D eigenvalue weighted by Gasteiger charge is 2.31. The van der Waals surface area contributed by atoms with E-state index in [2.05, 4.69) is 0 Å². The summed E-state index contributed by atoms with van der Waals surface area (Å²) in [4.78, 5) is 36.2. The van der Waals surface area contributed by atoms with Gasteiger partial charge in [0.1, 0.15) is 6.61 Å². The lowest BCUT2D eigenvalue weighted by Crippen LogP contribution is -2.42. The van der Waals surface area contributed by atoms with Gasteiger partial charge >= 0.3 is 11.7 Å². The third kappa shape index (κ3) is 4.80. The minimum Gasteiger partial charge on any atom is -0.456 e. The van der Waals surface area contributed by atoms with Crippen LogP contribution in [0.15, 0.2) is 44.8 Å². The van der Waals surface area contributed by atoms with Gasteiger partial charge in [0, 0.05) is 33.3 Å². The van der Waals surface area contributed by atoms with Gasteiger partial charge in [-0.3, -0.25) is 13.9 Å². The maximum Gasteiger partial charge on any atom is 0.338 e. The van der Waals surface area contributed by atoms with E-state index in [-0.39, 0.29) is 22.8 Å². The lowest BCUT2D eigenvalue weighted by atomic mass is 9.94. The zero-order chi connectivity index (χ0) is 22.9. The quantitative estimate of drug-likeness (QED) is 0.633. The number of carbonyl (C=O) groups excluding carboxylic acids is 1. The third-order valence-corrected chi connectivity index (χ3v) is 7.39. The van der Waals surface area contributed by atoms with Crippen molar-refractivity contribution in [2.45, 2.75) is 31.8 Å². The molecule has 2 atom stereocenters. The van der Waals surface area contributed by atoms with Crippen LogP contribution < -0.4 is 11.2 Å². The molecular weight excluding hydrogens is 422 g/mol. The second kappa shape index (κ2) is 8.80. The highest BCUT2D eigenvalue weighted by molar-refractivity contribution is 7.89. The number of piperidine rings is 1. The molecule has 9 nitrogen and oxygen atoms in total. The molecule has 0 amide bonds. The van der Waals surface area contributed by atoms with Crippen molar-refractivity contribution < 1.29 is 17.9 Å². The summed E-state index contributed by atoms with van der Waals surface area (Å²) in [5.41, 5.74) is -0.582. The number of hydrogen-bond acceptors (Lipinski definition) is 6. The van der Waals surface area contributed by atoms with E-state index in [0.717, 1.165) is 11.0 Å². The highest BCUT2D eigenvalue weighted by Crippen LogP contribution is 2.26. The van der Waals surface area contributed by atoms with E-state index in [1.54, 1.807) is 0 Å². The summed E-state index contributed by atoms with van der Waals surface area (Å²) < 4.78 is 34.8. The molecule has 0 saturated carbocycles. The molecule has 1 aliphatic rings. The van der Waals surface area contributed by atoms with Gasteiger partial charge in [-0.15, -0.1) is 0 Å². The molecule has 0 unspecified atom stereocenters. The zero-order valence-corrected chi connectivity index (χ0v) is 18.9. The summed E-state index contributed by atoms with van der Waals surface area (Å²) in [5, 5.41) is 0. The Morgan fingerprint density at radius 2 is 1.61 bits per heavy atom.